The van der Waals surface area contributed by atoms with Crippen LogP contribution in [0.2, 0.25) is 0 Å². The quantitative estimate of drug-likeness (QED) is 0.390. The van der Waals surface area contributed by atoms with E-state index in [-0.39, 0.29) is 5.97 Å². The monoisotopic (exact) mass is 290 g/mol. The lowest BCUT2D eigenvalue weighted by molar-refractivity contribution is -0.140. The second kappa shape index (κ2) is 10.2. The molecule has 0 aromatic heterocycles. The Kier molecular flexibility index (Phi) is 8.44. The molecule has 1 rings (SSSR count). The summed E-state index contributed by atoms with van der Waals surface area (Å²) in [6, 6.07) is 9.76. The zero-order valence-corrected chi connectivity index (χ0v) is 13.3. The Morgan fingerprint density at radius 1 is 1.24 bits per heavy atom. The number of ether oxygens (including phenoxy) is 2. The van der Waals surface area contributed by atoms with Gasteiger partial charge in [0, 0.05) is 6.61 Å². The summed E-state index contributed by atoms with van der Waals surface area (Å²) in [5.74, 6) is 0.0389. The molecule has 0 aliphatic carbocycles. The van der Waals surface area contributed by atoms with Crippen LogP contribution in [0.1, 0.15) is 39.2 Å². The molecule has 0 aliphatic heterocycles. The first kappa shape index (κ1) is 17.4. The van der Waals surface area contributed by atoms with Gasteiger partial charge < -0.3 is 9.47 Å². The summed E-state index contributed by atoms with van der Waals surface area (Å²) in [5, 5.41) is 0. The first-order chi connectivity index (χ1) is 10.1. The average Bonchev–Trinajstić information content (AvgIpc) is 2.49. The fraction of sp³-hybridized carbons (Fsp3) is 0.500. The third-order valence-corrected chi connectivity index (χ3v) is 2.85. The summed E-state index contributed by atoms with van der Waals surface area (Å²) >= 11 is 0. The molecule has 0 saturated heterocycles. The van der Waals surface area contributed by atoms with E-state index in [0.29, 0.717) is 31.3 Å². The molecule has 0 bridgehead atoms. The Hall–Kier alpha value is -1.61. The largest absolute Gasteiger partial charge is 0.462 e. The molecule has 3 heteroatoms. The summed E-state index contributed by atoms with van der Waals surface area (Å²) in [5.41, 5.74) is 1.55. The van der Waals surface area contributed by atoms with E-state index in [0.717, 1.165) is 18.4 Å². The topological polar surface area (TPSA) is 35.5 Å². The highest BCUT2D eigenvalue weighted by Gasteiger charge is 2.12. The van der Waals surface area contributed by atoms with Gasteiger partial charge in [-0.15, -0.1) is 0 Å². The highest BCUT2D eigenvalue weighted by atomic mass is 16.5. The van der Waals surface area contributed by atoms with Crippen molar-refractivity contribution in [1.29, 1.82) is 0 Å². The lowest BCUT2D eigenvalue weighted by atomic mass is 10.1. The second-order valence-electron chi connectivity index (χ2n) is 5.48. The smallest absolute Gasteiger partial charge is 0.336 e. The van der Waals surface area contributed by atoms with E-state index in [1.54, 1.807) is 0 Å². The Morgan fingerprint density at radius 3 is 2.57 bits per heavy atom. The van der Waals surface area contributed by atoms with Gasteiger partial charge in [-0.3, -0.25) is 0 Å². The van der Waals surface area contributed by atoms with Crippen LogP contribution in [0.3, 0.4) is 0 Å². The molecule has 0 heterocycles. The minimum atomic E-state index is -0.288. The van der Waals surface area contributed by atoms with Crippen molar-refractivity contribution < 1.29 is 14.3 Å². The SMILES string of the molecule is CCCCOCC(=Cc1ccccc1)C(=O)OCC(C)C. The average molecular weight is 290 g/mol. The molecule has 0 radical (unpaired) electrons. The first-order valence-corrected chi connectivity index (χ1v) is 7.64. The van der Waals surface area contributed by atoms with Crippen molar-refractivity contribution in [3.63, 3.8) is 0 Å². The number of benzene rings is 1. The summed E-state index contributed by atoms with van der Waals surface area (Å²) in [6.07, 6.45) is 3.92. The molecule has 0 spiro atoms. The van der Waals surface area contributed by atoms with Crippen molar-refractivity contribution in [3.8, 4) is 0 Å². The van der Waals surface area contributed by atoms with Crippen molar-refractivity contribution in [2.45, 2.75) is 33.6 Å². The number of carbonyl (C=O) groups excluding carboxylic acids is 1. The van der Waals surface area contributed by atoms with Gasteiger partial charge in [0.1, 0.15) is 0 Å². The number of unbranched alkanes of at least 4 members (excludes halogenated alkanes) is 1. The van der Waals surface area contributed by atoms with Crippen LogP contribution in [0.15, 0.2) is 35.9 Å². The van der Waals surface area contributed by atoms with E-state index in [2.05, 4.69) is 6.92 Å². The van der Waals surface area contributed by atoms with Crippen molar-refractivity contribution in [1.82, 2.24) is 0 Å². The summed E-state index contributed by atoms with van der Waals surface area (Å²) in [6.45, 7) is 7.55. The third kappa shape index (κ3) is 7.66. The molecule has 0 unspecified atom stereocenters. The van der Waals surface area contributed by atoms with E-state index < -0.39 is 0 Å². The van der Waals surface area contributed by atoms with Gasteiger partial charge in [-0.1, -0.05) is 57.5 Å². The molecule has 0 saturated carbocycles. The molecule has 21 heavy (non-hydrogen) atoms. The fourth-order valence-electron chi connectivity index (χ4n) is 1.67. The molecule has 0 N–H and O–H groups in total. The zero-order valence-electron chi connectivity index (χ0n) is 13.3. The van der Waals surface area contributed by atoms with Gasteiger partial charge in [0.05, 0.1) is 18.8 Å². The third-order valence-electron chi connectivity index (χ3n) is 2.85. The molecule has 1 aromatic carbocycles. The molecule has 3 nitrogen and oxygen atoms in total. The highest BCUT2D eigenvalue weighted by Crippen LogP contribution is 2.10. The standard InChI is InChI=1S/C18H26O3/c1-4-5-11-20-14-17(18(19)21-13-15(2)3)12-16-9-7-6-8-10-16/h6-10,12,15H,4-5,11,13-14H2,1-3H3. The van der Waals surface area contributed by atoms with E-state index in [1.807, 2.05) is 50.3 Å². The van der Waals surface area contributed by atoms with Crippen molar-refractivity contribution in [2.24, 2.45) is 5.92 Å². The Bertz CT molecular complexity index is 435. The lowest BCUT2D eigenvalue weighted by Crippen LogP contribution is -2.16. The van der Waals surface area contributed by atoms with Crippen LogP contribution >= 0.6 is 0 Å². The van der Waals surface area contributed by atoms with Crippen LogP contribution in [-0.4, -0.2) is 25.8 Å². The van der Waals surface area contributed by atoms with Crippen molar-refractivity contribution in [3.05, 3.63) is 41.5 Å². The van der Waals surface area contributed by atoms with Gasteiger partial charge in [-0.25, -0.2) is 4.79 Å². The molecule has 116 valence electrons. The fourth-order valence-corrected chi connectivity index (χ4v) is 1.67. The summed E-state index contributed by atoms with van der Waals surface area (Å²) in [7, 11) is 0. The Labute approximate surface area is 128 Å². The minimum absolute atomic E-state index is 0.288. The number of hydrogen-bond acceptors (Lipinski definition) is 3. The Morgan fingerprint density at radius 2 is 1.95 bits per heavy atom. The van der Waals surface area contributed by atoms with Crippen LogP contribution in [0.4, 0.5) is 0 Å². The number of esters is 1. The molecule has 1 aromatic rings. The second-order valence-corrected chi connectivity index (χ2v) is 5.48. The normalized spacial score (nSPS) is 11.7. The van der Waals surface area contributed by atoms with Crippen LogP contribution < -0.4 is 0 Å². The summed E-state index contributed by atoms with van der Waals surface area (Å²) in [4.78, 5) is 12.1. The number of hydrogen-bond donors (Lipinski definition) is 0. The molecule has 0 fully saturated rings. The van der Waals surface area contributed by atoms with Crippen molar-refractivity contribution in [2.75, 3.05) is 19.8 Å². The van der Waals surface area contributed by atoms with Gasteiger partial charge in [0.25, 0.3) is 0 Å². The predicted octanol–water partition coefficient (Wildman–Crippen LogP) is 4.09. The first-order valence-electron chi connectivity index (χ1n) is 7.64. The molecule has 0 aliphatic rings. The molecular weight excluding hydrogens is 264 g/mol. The number of rotatable bonds is 9. The van der Waals surface area contributed by atoms with Crippen LogP contribution in [0.5, 0.6) is 0 Å². The van der Waals surface area contributed by atoms with Crippen LogP contribution in [-0.2, 0) is 14.3 Å². The van der Waals surface area contributed by atoms with E-state index >= 15 is 0 Å². The van der Waals surface area contributed by atoms with E-state index in [1.165, 1.54) is 0 Å². The molecular formula is C18H26O3. The van der Waals surface area contributed by atoms with Crippen LogP contribution in [0, 0.1) is 5.92 Å². The molecule has 0 atom stereocenters. The van der Waals surface area contributed by atoms with E-state index in [4.69, 9.17) is 9.47 Å². The Balaban J connectivity index is 2.69. The van der Waals surface area contributed by atoms with Gasteiger partial charge >= 0.3 is 5.97 Å². The maximum atomic E-state index is 12.1. The minimum Gasteiger partial charge on any atom is -0.462 e. The van der Waals surface area contributed by atoms with Gasteiger partial charge in [0.15, 0.2) is 0 Å². The predicted molar refractivity (Wildman–Crippen MR) is 85.9 cm³/mol. The van der Waals surface area contributed by atoms with Crippen molar-refractivity contribution >= 4 is 12.0 Å². The maximum Gasteiger partial charge on any atom is 0.336 e. The van der Waals surface area contributed by atoms with Crippen LogP contribution in [0.25, 0.3) is 6.08 Å². The van der Waals surface area contributed by atoms with E-state index in [9.17, 15) is 4.79 Å². The number of carbonyl (C=O) groups is 1. The van der Waals surface area contributed by atoms with Gasteiger partial charge in [0.2, 0.25) is 0 Å². The highest BCUT2D eigenvalue weighted by molar-refractivity contribution is 5.94. The van der Waals surface area contributed by atoms with Gasteiger partial charge in [-0.05, 0) is 24.0 Å². The maximum absolute atomic E-state index is 12.1. The lowest BCUT2D eigenvalue weighted by Gasteiger charge is -2.11. The zero-order chi connectivity index (χ0) is 15.5. The van der Waals surface area contributed by atoms with Gasteiger partial charge in [-0.2, -0.15) is 0 Å². The molecule has 0 amide bonds. The summed E-state index contributed by atoms with van der Waals surface area (Å²) < 4.78 is 10.9.